The molecular formula is C14H18N2O3. The van der Waals surface area contributed by atoms with Crippen molar-refractivity contribution in [2.24, 2.45) is 5.92 Å². The lowest BCUT2D eigenvalue weighted by Crippen LogP contribution is -2.38. The van der Waals surface area contributed by atoms with Gasteiger partial charge in [0.2, 0.25) is 5.91 Å². The van der Waals surface area contributed by atoms with Gasteiger partial charge in [-0.3, -0.25) is 9.59 Å². The van der Waals surface area contributed by atoms with E-state index < -0.39 is 12.0 Å². The van der Waals surface area contributed by atoms with Crippen molar-refractivity contribution < 1.29 is 14.7 Å². The molecule has 1 unspecified atom stereocenters. The standard InChI is InChI=1S/C14H18N2O3/c1-9(17)16-12-6-2-10(3-7-12)8-15-13(14(18)19)11-4-5-11/h2-3,6-7,11,13,15H,4-5,8H2,1H3,(H,16,17)(H,18,19). The number of hydrogen-bond acceptors (Lipinski definition) is 3. The van der Waals surface area contributed by atoms with Crippen LogP contribution in [0.3, 0.4) is 0 Å². The van der Waals surface area contributed by atoms with Gasteiger partial charge in [0.15, 0.2) is 0 Å². The molecule has 102 valence electrons. The van der Waals surface area contributed by atoms with Gasteiger partial charge in [-0.2, -0.15) is 0 Å². The molecule has 2 rings (SSSR count). The molecule has 19 heavy (non-hydrogen) atoms. The highest BCUT2D eigenvalue weighted by Crippen LogP contribution is 2.32. The third-order valence-electron chi connectivity index (χ3n) is 3.16. The second kappa shape index (κ2) is 5.84. The van der Waals surface area contributed by atoms with E-state index in [2.05, 4.69) is 10.6 Å². The fraction of sp³-hybridized carbons (Fsp3) is 0.429. The highest BCUT2D eigenvalue weighted by Gasteiger charge is 2.35. The molecule has 0 aliphatic heterocycles. The molecule has 0 heterocycles. The summed E-state index contributed by atoms with van der Waals surface area (Å²) in [5.74, 6) is -0.612. The second-order valence-electron chi connectivity index (χ2n) is 4.91. The summed E-state index contributed by atoms with van der Waals surface area (Å²) in [6.45, 7) is 1.98. The van der Waals surface area contributed by atoms with E-state index in [1.165, 1.54) is 6.92 Å². The van der Waals surface area contributed by atoms with E-state index in [1.807, 2.05) is 24.3 Å². The van der Waals surface area contributed by atoms with Gasteiger partial charge in [-0.1, -0.05) is 12.1 Å². The summed E-state index contributed by atoms with van der Waals surface area (Å²) in [6, 6.07) is 6.93. The Labute approximate surface area is 112 Å². The molecule has 1 fully saturated rings. The Balaban J connectivity index is 1.88. The highest BCUT2D eigenvalue weighted by molar-refractivity contribution is 5.88. The number of aliphatic carboxylic acids is 1. The van der Waals surface area contributed by atoms with Crippen LogP contribution in [0.1, 0.15) is 25.3 Å². The molecule has 1 atom stereocenters. The Kier molecular flexibility index (Phi) is 4.16. The number of carbonyl (C=O) groups excluding carboxylic acids is 1. The van der Waals surface area contributed by atoms with Gasteiger partial charge in [0.25, 0.3) is 0 Å². The first-order chi connectivity index (χ1) is 9.06. The van der Waals surface area contributed by atoms with Crippen molar-refractivity contribution in [3.63, 3.8) is 0 Å². The van der Waals surface area contributed by atoms with E-state index in [9.17, 15) is 9.59 Å². The third-order valence-corrected chi connectivity index (χ3v) is 3.16. The number of rotatable bonds is 6. The zero-order chi connectivity index (χ0) is 13.8. The predicted molar refractivity (Wildman–Crippen MR) is 71.7 cm³/mol. The molecule has 3 N–H and O–H groups in total. The van der Waals surface area contributed by atoms with Crippen LogP contribution in [0, 0.1) is 5.92 Å². The van der Waals surface area contributed by atoms with Gasteiger partial charge in [0.05, 0.1) is 0 Å². The molecule has 1 aromatic rings. The summed E-state index contributed by atoms with van der Waals surface area (Å²) in [5.41, 5.74) is 1.74. The maximum atomic E-state index is 11.1. The number of benzene rings is 1. The van der Waals surface area contributed by atoms with Crippen LogP contribution in [0.5, 0.6) is 0 Å². The molecule has 1 aliphatic rings. The van der Waals surface area contributed by atoms with Crippen molar-refractivity contribution in [1.82, 2.24) is 5.32 Å². The van der Waals surface area contributed by atoms with E-state index in [0.717, 1.165) is 24.1 Å². The normalized spacial score (nSPS) is 15.8. The smallest absolute Gasteiger partial charge is 0.320 e. The minimum atomic E-state index is -0.780. The lowest BCUT2D eigenvalue weighted by atomic mass is 10.1. The van der Waals surface area contributed by atoms with Crippen LogP contribution >= 0.6 is 0 Å². The predicted octanol–water partition coefficient (Wildman–Crippen LogP) is 1.60. The molecule has 0 saturated heterocycles. The summed E-state index contributed by atoms with van der Waals surface area (Å²) < 4.78 is 0. The zero-order valence-corrected chi connectivity index (χ0v) is 10.8. The minimum absolute atomic E-state index is 0.106. The van der Waals surface area contributed by atoms with Crippen molar-refractivity contribution >= 4 is 17.6 Å². The summed E-state index contributed by atoms with van der Waals surface area (Å²) in [7, 11) is 0. The molecule has 5 heteroatoms. The number of anilines is 1. The molecule has 0 bridgehead atoms. The minimum Gasteiger partial charge on any atom is -0.480 e. The van der Waals surface area contributed by atoms with E-state index in [4.69, 9.17) is 5.11 Å². The number of amides is 1. The Morgan fingerprint density at radius 1 is 1.32 bits per heavy atom. The van der Waals surface area contributed by atoms with Crippen LogP contribution in [-0.4, -0.2) is 23.0 Å². The van der Waals surface area contributed by atoms with Crippen molar-refractivity contribution in [1.29, 1.82) is 0 Å². The SMILES string of the molecule is CC(=O)Nc1ccc(CNC(C(=O)O)C2CC2)cc1. The first kappa shape index (κ1) is 13.5. The van der Waals surface area contributed by atoms with E-state index in [-0.39, 0.29) is 11.8 Å². The summed E-state index contributed by atoms with van der Waals surface area (Å²) >= 11 is 0. The van der Waals surface area contributed by atoms with Gasteiger partial charge in [-0.25, -0.2) is 0 Å². The van der Waals surface area contributed by atoms with Crippen molar-refractivity contribution in [2.45, 2.75) is 32.4 Å². The van der Waals surface area contributed by atoms with Gasteiger partial charge in [-0.15, -0.1) is 0 Å². The summed E-state index contributed by atoms with van der Waals surface area (Å²) in [6.07, 6.45) is 1.98. The average molecular weight is 262 g/mol. The fourth-order valence-corrected chi connectivity index (χ4v) is 2.02. The van der Waals surface area contributed by atoms with Gasteiger partial charge in [0.1, 0.15) is 6.04 Å². The first-order valence-electron chi connectivity index (χ1n) is 6.39. The first-order valence-corrected chi connectivity index (χ1v) is 6.39. The molecule has 0 aromatic heterocycles. The second-order valence-corrected chi connectivity index (χ2v) is 4.91. The van der Waals surface area contributed by atoms with E-state index >= 15 is 0 Å². The highest BCUT2D eigenvalue weighted by atomic mass is 16.4. The number of nitrogens with one attached hydrogen (secondary N) is 2. The molecule has 0 spiro atoms. The van der Waals surface area contributed by atoms with Gasteiger partial charge in [0, 0.05) is 19.2 Å². The molecule has 1 saturated carbocycles. The van der Waals surface area contributed by atoms with E-state index in [0.29, 0.717) is 6.54 Å². The van der Waals surface area contributed by atoms with Gasteiger partial charge in [-0.05, 0) is 36.5 Å². The van der Waals surface area contributed by atoms with Crippen LogP contribution in [0.15, 0.2) is 24.3 Å². The molecule has 1 aliphatic carbocycles. The van der Waals surface area contributed by atoms with Gasteiger partial charge < -0.3 is 15.7 Å². The number of carbonyl (C=O) groups is 2. The number of hydrogen-bond donors (Lipinski definition) is 3. The zero-order valence-electron chi connectivity index (χ0n) is 10.8. The molecule has 1 aromatic carbocycles. The Morgan fingerprint density at radius 2 is 1.95 bits per heavy atom. The van der Waals surface area contributed by atoms with Crippen LogP contribution in [-0.2, 0) is 16.1 Å². The quantitative estimate of drug-likeness (QED) is 0.727. The molecule has 1 amide bonds. The number of carboxylic acid groups (broad SMARTS) is 1. The number of carboxylic acids is 1. The van der Waals surface area contributed by atoms with Crippen molar-refractivity contribution in [3.05, 3.63) is 29.8 Å². The van der Waals surface area contributed by atoms with Crippen LogP contribution < -0.4 is 10.6 Å². The summed E-state index contributed by atoms with van der Waals surface area (Å²) in [4.78, 5) is 21.9. The van der Waals surface area contributed by atoms with Crippen LogP contribution in [0.4, 0.5) is 5.69 Å². The monoisotopic (exact) mass is 262 g/mol. The maximum Gasteiger partial charge on any atom is 0.320 e. The average Bonchev–Trinajstić information content (AvgIpc) is 3.15. The lowest BCUT2D eigenvalue weighted by molar-refractivity contribution is -0.140. The fourth-order valence-electron chi connectivity index (χ4n) is 2.02. The third kappa shape index (κ3) is 4.06. The lowest BCUT2D eigenvalue weighted by Gasteiger charge is -2.13. The summed E-state index contributed by atoms with van der Waals surface area (Å²) in [5, 5.41) is 14.9. The van der Waals surface area contributed by atoms with Gasteiger partial charge >= 0.3 is 5.97 Å². The largest absolute Gasteiger partial charge is 0.480 e. The van der Waals surface area contributed by atoms with Crippen LogP contribution in [0.25, 0.3) is 0 Å². The Bertz CT molecular complexity index is 466. The Morgan fingerprint density at radius 3 is 2.42 bits per heavy atom. The van der Waals surface area contributed by atoms with Crippen molar-refractivity contribution in [3.8, 4) is 0 Å². The molecule has 0 radical (unpaired) electrons. The van der Waals surface area contributed by atoms with Crippen LogP contribution in [0.2, 0.25) is 0 Å². The maximum absolute atomic E-state index is 11.1. The topological polar surface area (TPSA) is 78.4 Å². The van der Waals surface area contributed by atoms with E-state index in [1.54, 1.807) is 0 Å². The van der Waals surface area contributed by atoms with Crippen molar-refractivity contribution in [2.75, 3.05) is 5.32 Å². The Hall–Kier alpha value is -1.88. The molecular weight excluding hydrogens is 244 g/mol. The molecule has 5 nitrogen and oxygen atoms in total.